The number of aromatic nitrogens is 2. The number of hydrogen-bond donors (Lipinski definition) is 0. The van der Waals surface area contributed by atoms with Crippen LogP contribution in [0.15, 0.2) is 94.4 Å². The molecule has 0 bridgehead atoms. The van der Waals surface area contributed by atoms with E-state index in [1.807, 2.05) is 71.3 Å². The van der Waals surface area contributed by atoms with Gasteiger partial charge in [-0.15, -0.1) is 6.58 Å². The van der Waals surface area contributed by atoms with Gasteiger partial charge in [-0.3, -0.25) is 0 Å². The molecule has 0 atom stereocenters. The normalized spacial score (nSPS) is 11.5. The summed E-state index contributed by atoms with van der Waals surface area (Å²) in [4.78, 5) is 17.6. The number of carbonyl (C=O) groups is 1. The van der Waals surface area contributed by atoms with Gasteiger partial charge in [-0.2, -0.15) is 0 Å². The fraction of sp³-hybridized carbons (Fsp3) is 0.0400. The summed E-state index contributed by atoms with van der Waals surface area (Å²) in [6, 6.07) is 22.5. The van der Waals surface area contributed by atoms with Crippen LogP contribution in [0, 0.1) is 0 Å². The molecule has 0 spiro atoms. The van der Waals surface area contributed by atoms with Gasteiger partial charge in [-0.05, 0) is 48.5 Å². The first-order chi connectivity index (χ1) is 15.0. The number of hydrogen-bond acceptors (Lipinski definition) is 3. The van der Waals surface area contributed by atoms with Crippen LogP contribution in [0.25, 0.3) is 22.9 Å². The zero-order valence-corrected chi connectivity index (χ0v) is 19.6. The third-order valence-electron chi connectivity index (χ3n) is 4.67. The van der Waals surface area contributed by atoms with E-state index in [1.54, 1.807) is 18.2 Å². The molecule has 1 heterocycles. The van der Waals surface area contributed by atoms with Crippen LogP contribution < -0.4 is 0 Å². The van der Waals surface area contributed by atoms with Crippen LogP contribution in [0.3, 0.4) is 0 Å². The molecule has 0 aliphatic carbocycles. The van der Waals surface area contributed by atoms with E-state index in [9.17, 15) is 4.79 Å². The van der Waals surface area contributed by atoms with Gasteiger partial charge in [-0.25, -0.2) is 9.78 Å². The number of rotatable bonds is 6. The van der Waals surface area contributed by atoms with Crippen molar-refractivity contribution in [2.75, 3.05) is 0 Å². The topological polar surface area (TPSA) is 44.1 Å². The predicted molar refractivity (Wildman–Crippen MR) is 132 cm³/mol. The molecule has 1 aromatic heterocycles. The number of esters is 1. The number of carbonyl (C=O) groups excluding carboxylic acids is 1. The molecule has 0 N–H and O–H groups in total. The number of imidazole rings is 1. The summed E-state index contributed by atoms with van der Waals surface area (Å²) in [5, 5.41) is 0. The maximum atomic E-state index is 12.8. The summed E-state index contributed by atoms with van der Waals surface area (Å²) >= 11 is 6.84. The summed E-state index contributed by atoms with van der Waals surface area (Å²) in [5.41, 5.74) is 3.09. The van der Waals surface area contributed by atoms with Gasteiger partial charge in [-0.1, -0.05) is 62.2 Å². The Balaban J connectivity index is 1.80. The smallest absolute Gasteiger partial charge is 0.343 e. The lowest BCUT2D eigenvalue weighted by atomic mass is 10.1. The Morgan fingerprint density at radius 2 is 1.55 bits per heavy atom. The minimum Gasteiger partial charge on any atom is -0.422 e. The molecular weight excluding hydrogens is 520 g/mol. The predicted octanol–water partition coefficient (Wildman–Crippen LogP) is 7.10. The molecule has 0 aliphatic rings. The van der Waals surface area contributed by atoms with Crippen molar-refractivity contribution in [2.45, 2.75) is 6.54 Å². The molecule has 0 aliphatic heterocycles. The summed E-state index contributed by atoms with van der Waals surface area (Å²) in [7, 11) is 0. The maximum Gasteiger partial charge on any atom is 0.343 e. The van der Waals surface area contributed by atoms with Gasteiger partial charge < -0.3 is 9.30 Å². The Kier molecular flexibility index (Phi) is 6.49. The largest absolute Gasteiger partial charge is 0.422 e. The Morgan fingerprint density at radius 3 is 2.19 bits per heavy atom. The minimum atomic E-state index is -0.437. The number of ether oxygens (including phenoxy) is 1. The highest BCUT2D eigenvalue weighted by Crippen LogP contribution is 2.25. The van der Waals surface area contributed by atoms with Crippen molar-refractivity contribution in [1.29, 1.82) is 0 Å². The van der Waals surface area contributed by atoms with Crippen LogP contribution in [-0.2, 0) is 11.3 Å². The van der Waals surface area contributed by atoms with Gasteiger partial charge >= 0.3 is 5.97 Å². The number of para-hydroxylation sites is 2. The van der Waals surface area contributed by atoms with E-state index >= 15 is 0 Å². The van der Waals surface area contributed by atoms with Crippen LogP contribution in [-0.4, -0.2) is 15.5 Å². The standard InChI is InChI=1S/C25H18Br2N2O2/c1-2-15-29-22-6-4-3-5-21(22)28-24(29)16-23(17-7-11-19(26)12-8-17)31-25(30)18-9-13-20(27)14-10-18/h2-14,16H,1,15H2/b23-16+. The monoisotopic (exact) mass is 536 g/mol. The molecule has 4 aromatic rings. The first-order valence-corrected chi connectivity index (χ1v) is 11.2. The van der Waals surface area contributed by atoms with E-state index in [4.69, 9.17) is 9.72 Å². The number of nitrogens with zero attached hydrogens (tertiary/aromatic N) is 2. The van der Waals surface area contributed by atoms with Crippen molar-refractivity contribution < 1.29 is 9.53 Å². The number of fused-ring (bicyclic) bond motifs is 1. The first kappa shape index (κ1) is 21.3. The zero-order chi connectivity index (χ0) is 21.8. The highest BCUT2D eigenvalue weighted by molar-refractivity contribution is 9.10. The molecule has 0 amide bonds. The molecule has 0 fully saturated rings. The van der Waals surface area contributed by atoms with Crippen LogP contribution >= 0.6 is 31.9 Å². The van der Waals surface area contributed by atoms with Crippen molar-refractivity contribution in [3.05, 3.63) is 111 Å². The fourth-order valence-corrected chi connectivity index (χ4v) is 3.70. The molecule has 0 unspecified atom stereocenters. The van der Waals surface area contributed by atoms with Gasteiger partial charge in [0.15, 0.2) is 0 Å². The molecule has 3 aromatic carbocycles. The van der Waals surface area contributed by atoms with Crippen LogP contribution in [0.5, 0.6) is 0 Å². The Hall–Kier alpha value is -2.96. The van der Waals surface area contributed by atoms with Gasteiger partial charge in [0.2, 0.25) is 0 Å². The van der Waals surface area contributed by atoms with Gasteiger partial charge in [0.05, 0.1) is 16.6 Å². The Morgan fingerprint density at radius 1 is 0.935 bits per heavy atom. The maximum absolute atomic E-state index is 12.8. The number of allylic oxidation sites excluding steroid dienone is 1. The minimum absolute atomic E-state index is 0.418. The average molecular weight is 538 g/mol. The zero-order valence-electron chi connectivity index (χ0n) is 16.5. The van der Waals surface area contributed by atoms with Crippen LogP contribution in [0.2, 0.25) is 0 Å². The summed E-state index contributed by atoms with van der Waals surface area (Å²) < 4.78 is 9.72. The molecule has 0 radical (unpaired) electrons. The van der Waals surface area contributed by atoms with E-state index in [-0.39, 0.29) is 0 Å². The lowest BCUT2D eigenvalue weighted by molar-refractivity contribution is 0.0693. The second-order valence-electron chi connectivity index (χ2n) is 6.77. The van der Waals surface area contributed by atoms with E-state index < -0.39 is 5.97 Å². The average Bonchev–Trinajstić information content (AvgIpc) is 3.12. The van der Waals surface area contributed by atoms with Crippen LogP contribution in [0.4, 0.5) is 0 Å². The molecule has 0 saturated carbocycles. The quantitative estimate of drug-likeness (QED) is 0.150. The first-order valence-electron chi connectivity index (χ1n) is 9.56. The molecule has 6 heteroatoms. The highest BCUT2D eigenvalue weighted by atomic mass is 79.9. The molecule has 154 valence electrons. The van der Waals surface area contributed by atoms with Crippen molar-refractivity contribution in [1.82, 2.24) is 9.55 Å². The van der Waals surface area contributed by atoms with E-state index in [0.29, 0.717) is 23.7 Å². The van der Waals surface area contributed by atoms with E-state index in [0.717, 1.165) is 25.5 Å². The molecule has 0 saturated heterocycles. The highest BCUT2D eigenvalue weighted by Gasteiger charge is 2.15. The number of halogens is 2. The molecule has 4 nitrogen and oxygen atoms in total. The van der Waals surface area contributed by atoms with E-state index in [1.165, 1.54) is 0 Å². The number of benzene rings is 3. The summed E-state index contributed by atoms with van der Waals surface area (Å²) in [5.74, 6) is 0.664. The lowest BCUT2D eigenvalue weighted by Gasteiger charge is -2.11. The van der Waals surface area contributed by atoms with Crippen molar-refractivity contribution >= 4 is 60.7 Å². The Bertz CT molecular complexity index is 1270. The van der Waals surface area contributed by atoms with Gasteiger partial charge in [0.25, 0.3) is 0 Å². The molecule has 4 rings (SSSR count). The second-order valence-corrected chi connectivity index (χ2v) is 8.60. The summed E-state index contributed by atoms with van der Waals surface area (Å²) in [6.45, 7) is 4.45. The molecular formula is C25H18Br2N2O2. The molecule has 31 heavy (non-hydrogen) atoms. The Labute approximate surface area is 197 Å². The second kappa shape index (κ2) is 9.45. The van der Waals surface area contributed by atoms with Crippen molar-refractivity contribution in [3.8, 4) is 0 Å². The van der Waals surface area contributed by atoms with Gasteiger partial charge in [0.1, 0.15) is 11.6 Å². The third kappa shape index (κ3) is 4.86. The van der Waals surface area contributed by atoms with E-state index in [2.05, 4.69) is 38.4 Å². The van der Waals surface area contributed by atoms with Crippen molar-refractivity contribution in [3.63, 3.8) is 0 Å². The summed E-state index contributed by atoms with van der Waals surface area (Å²) in [6.07, 6.45) is 3.61. The fourth-order valence-electron chi connectivity index (χ4n) is 3.17. The van der Waals surface area contributed by atoms with Crippen LogP contribution in [0.1, 0.15) is 21.7 Å². The van der Waals surface area contributed by atoms with Gasteiger partial charge in [0, 0.05) is 27.1 Å². The third-order valence-corrected chi connectivity index (χ3v) is 5.72. The SMILES string of the molecule is C=CCn1c(/C=C(/OC(=O)c2ccc(Br)cc2)c2ccc(Br)cc2)nc2ccccc21. The van der Waals surface area contributed by atoms with Crippen molar-refractivity contribution in [2.24, 2.45) is 0 Å². The lowest BCUT2D eigenvalue weighted by Crippen LogP contribution is -2.06.